The minimum absolute atomic E-state index is 0.0162. The molecule has 6 heteroatoms. The largest absolute Gasteiger partial charge is 0.497 e. The molecule has 2 fully saturated rings. The Bertz CT molecular complexity index is 612. The lowest BCUT2D eigenvalue weighted by atomic mass is 9.93. The average Bonchev–Trinajstić information content (AvgIpc) is 2.86. The summed E-state index contributed by atoms with van der Waals surface area (Å²) in [7, 11) is 1.56. The zero-order valence-electron chi connectivity index (χ0n) is 13.5. The molecule has 126 valence electrons. The van der Waals surface area contributed by atoms with Gasteiger partial charge in [-0.15, -0.1) is 0 Å². The topological polar surface area (TPSA) is 32.8 Å². The van der Waals surface area contributed by atoms with Gasteiger partial charge in [0.05, 0.1) is 13.7 Å². The molecule has 4 nitrogen and oxygen atoms in total. The first-order valence-electron chi connectivity index (χ1n) is 7.94. The Balaban J connectivity index is 1.77. The summed E-state index contributed by atoms with van der Waals surface area (Å²) < 4.78 is 35.4. The maximum Gasteiger partial charge on any atom is 0.265 e. The fourth-order valence-electron chi connectivity index (χ4n) is 3.64. The lowest BCUT2D eigenvalue weighted by Crippen LogP contribution is -2.47. The normalized spacial score (nSPS) is 30.8. The van der Waals surface area contributed by atoms with Crippen molar-refractivity contribution < 1.29 is 18.3 Å². The highest BCUT2D eigenvalue weighted by Gasteiger charge is 2.70. The molecule has 2 saturated heterocycles. The first kappa shape index (κ1) is 16.2. The molecule has 2 heterocycles. The Morgan fingerprint density at radius 1 is 1.26 bits per heavy atom. The first-order chi connectivity index (χ1) is 10.9. The molecular formula is C17H22F2N2O2. The third-order valence-corrected chi connectivity index (χ3v) is 4.74. The summed E-state index contributed by atoms with van der Waals surface area (Å²) >= 11 is 0. The van der Waals surface area contributed by atoms with Gasteiger partial charge in [0.1, 0.15) is 5.75 Å². The van der Waals surface area contributed by atoms with Gasteiger partial charge in [-0.1, -0.05) is 19.1 Å². The second-order valence-corrected chi connectivity index (χ2v) is 6.49. The van der Waals surface area contributed by atoms with Crippen molar-refractivity contribution in [1.29, 1.82) is 0 Å². The van der Waals surface area contributed by atoms with Crippen molar-refractivity contribution in [2.24, 2.45) is 0 Å². The molecular weight excluding hydrogens is 302 g/mol. The molecule has 0 aromatic heterocycles. The summed E-state index contributed by atoms with van der Waals surface area (Å²) in [5, 5.41) is 0. The van der Waals surface area contributed by atoms with Gasteiger partial charge in [-0.3, -0.25) is 9.69 Å². The highest BCUT2D eigenvalue weighted by Crippen LogP contribution is 2.45. The fraction of sp³-hybridized carbons (Fsp3) is 0.588. The second-order valence-electron chi connectivity index (χ2n) is 6.49. The molecule has 2 aliphatic rings. The van der Waals surface area contributed by atoms with Crippen LogP contribution in [0.1, 0.15) is 18.9 Å². The first-order valence-corrected chi connectivity index (χ1v) is 7.94. The van der Waals surface area contributed by atoms with Crippen LogP contribution < -0.4 is 4.74 Å². The monoisotopic (exact) mass is 324 g/mol. The van der Waals surface area contributed by atoms with Crippen LogP contribution in [0.5, 0.6) is 5.75 Å². The van der Waals surface area contributed by atoms with Crippen LogP contribution in [0.2, 0.25) is 0 Å². The molecule has 0 N–H and O–H groups in total. The zero-order chi connectivity index (χ0) is 16.7. The molecule has 0 bridgehead atoms. The Morgan fingerprint density at radius 3 is 2.70 bits per heavy atom. The van der Waals surface area contributed by atoms with E-state index in [4.69, 9.17) is 4.74 Å². The van der Waals surface area contributed by atoms with E-state index in [1.807, 2.05) is 13.0 Å². The van der Waals surface area contributed by atoms with Crippen LogP contribution in [0.25, 0.3) is 0 Å². The summed E-state index contributed by atoms with van der Waals surface area (Å²) in [6.07, 6.45) is 0.813. The van der Waals surface area contributed by atoms with E-state index in [1.54, 1.807) is 30.2 Å². The SMILES string of the molecule is CCCN1C[C@]2(F)CN(Cc3cccc(OC)c3)C(=O)[C@]2(F)C1. The number of nitrogens with zero attached hydrogens (tertiary/aromatic N) is 2. The molecule has 1 aromatic rings. The van der Waals surface area contributed by atoms with E-state index in [2.05, 4.69) is 0 Å². The van der Waals surface area contributed by atoms with Crippen molar-refractivity contribution >= 4 is 5.91 Å². The van der Waals surface area contributed by atoms with Crippen LogP contribution in [0.4, 0.5) is 8.78 Å². The molecule has 23 heavy (non-hydrogen) atoms. The van der Waals surface area contributed by atoms with Crippen molar-refractivity contribution in [2.45, 2.75) is 31.2 Å². The summed E-state index contributed by atoms with van der Waals surface area (Å²) in [5.41, 5.74) is -3.73. The highest BCUT2D eigenvalue weighted by atomic mass is 19.2. The van der Waals surface area contributed by atoms with Gasteiger partial charge >= 0.3 is 0 Å². The highest BCUT2D eigenvalue weighted by molar-refractivity contribution is 5.90. The van der Waals surface area contributed by atoms with Gasteiger partial charge in [0.15, 0.2) is 5.67 Å². The number of ether oxygens (including phenoxy) is 1. The number of benzene rings is 1. The van der Waals surface area contributed by atoms with E-state index in [0.717, 1.165) is 12.0 Å². The van der Waals surface area contributed by atoms with Gasteiger partial charge in [-0.25, -0.2) is 8.78 Å². The van der Waals surface area contributed by atoms with Crippen molar-refractivity contribution in [3.63, 3.8) is 0 Å². The number of fused-ring (bicyclic) bond motifs is 1. The van der Waals surface area contributed by atoms with Gasteiger partial charge < -0.3 is 9.64 Å². The third kappa shape index (κ3) is 2.59. The molecule has 0 unspecified atom stereocenters. The number of halogens is 2. The molecule has 0 radical (unpaired) electrons. The minimum Gasteiger partial charge on any atom is -0.497 e. The molecule has 2 atom stereocenters. The van der Waals surface area contributed by atoms with Crippen LogP contribution in [-0.4, -0.2) is 60.3 Å². The van der Waals surface area contributed by atoms with E-state index in [1.165, 1.54) is 4.90 Å². The maximum absolute atomic E-state index is 15.1. The molecule has 3 rings (SSSR count). The number of carbonyl (C=O) groups is 1. The molecule has 0 spiro atoms. The van der Waals surface area contributed by atoms with Crippen LogP contribution in [0, 0.1) is 0 Å². The van der Waals surface area contributed by atoms with Crippen molar-refractivity contribution in [1.82, 2.24) is 9.80 Å². The molecule has 1 aromatic carbocycles. The van der Waals surface area contributed by atoms with Crippen molar-refractivity contribution in [3.8, 4) is 5.75 Å². The fourth-order valence-corrected chi connectivity index (χ4v) is 3.64. The smallest absolute Gasteiger partial charge is 0.265 e. The number of hydrogen-bond donors (Lipinski definition) is 0. The number of alkyl halides is 2. The Hall–Kier alpha value is -1.69. The summed E-state index contributed by atoms with van der Waals surface area (Å²) in [6.45, 7) is 2.41. The second kappa shape index (κ2) is 5.74. The quantitative estimate of drug-likeness (QED) is 0.832. The van der Waals surface area contributed by atoms with E-state index in [-0.39, 0.29) is 26.2 Å². The lowest BCUT2D eigenvalue weighted by molar-refractivity contribution is -0.139. The number of hydrogen-bond acceptors (Lipinski definition) is 3. The van der Waals surface area contributed by atoms with Gasteiger partial charge in [0.2, 0.25) is 5.67 Å². The Morgan fingerprint density at radius 2 is 2.04 bits per heavy atom. The lowest BCUT2D eigenvalue weighted by Gasteiger charge is -2.22. The predicted molar refractivity (Wildman–Crippen MR) is 82.8 cm³/mol. The van der Waals surface area contributed by atoms with Crippen LogP contribution >= 0.6 is 0 Å². The van der Waals surface area contributed by atoms with Crippen molar-refractivity contribution in [2.75, 3.05) is 33.3 Å². The van der Waals surface area contributed by atoms with Crippen LogP contribution in [-0.2, 0) is 11.3 Å². The van der Waals surface area contributed by atoms with E-state index in [9.17, 15) is 4.79 Å². The third-order valence-electron chi connectivity index (χ3n) is 4.74. The average molecular weight is 324 g/mol. The molecule has 2 aliphatic heterocycles. The van der Waals surface area contributed by atoms with Gasteiger partial charge in [-0.05, 0) is 30.7 Å². The van der Waals surface area contributed by atoms with Crippen LogP contribution in [0.15, 0.2) is 24.3 Å². The predicted octanol–water partition coefficient (Wildman–Crippen LogP) is 2.18. The number of rotatable bonds is 5. The van der Waals surface area contributed by atoms with Gasteiger partial charge in [-0.2, -0.15) is 0 Å². The zero-order valence-corrected chi connectivity index (χ0v) is 13.5. The summed E-state index contributed by atoms with van der Waals surface area (Å²) in [4.78, 5) is 15.5. The van der Waals surface area contributed by atoms with Crippen LogP contribution in [0.3, 0.4) is 0 Å². The van der Waals surface area contributed by atoms with E-state index < -0.39 is 17.2 Å². The van der Waals surface area contributed by atoms with Gasteiger partial charge in [0, 0.05) is 19.6 Å². The Labute approximate surface area is 135 Å². The number of methoxy groups -OCH3 is 1. The molecule has 0 saturated carbocycles. The summed E-state index contributed by atoms with van der Waals surface area (Å²) in [5.74, 6) is -0.0743. The van der Waals surface area contributed by atoms with E-state index >= 15 is 8.78 Å². The maximum atomic E-state index is 15.1. The standard InChI is InChI=1S/C17H22F2N2O2/c1-3-7-20-10-16(18)11-21(15(22)17(16,19)12-20)9-13-5-4-6-14(8-13)23-2/h4-6,8H,3,7,9-12H2,1-2H3/t16-,17+/m0/s1. The number of carbonyl (C=O) groups excluding carboxylic acids is 1. The van der Waals surface area contributed by atoms with Crippen molar-refractivity contribution in [3.05, 3.63) is 29.8 Å². The van der Waals surface area contributed by atoms with Gasteiger partial charge in [0.25, 0.3) is 5.91 Å². The Kier molecular flexibility index (Phi) is 4.04. The summed E-state index contributed by atoms with van der Waals surface area (Å²) in [6, 6.07) is 7.19. The number of likely N-dealkylation sites (tertiary alicyclic amines) is 2. The van der Waals surface area contributed by atoms with E-state index in [0.29, 0.717) is 12.3 Å². The number of amides is 1. The molecule has 1 amide bonds. The molecule has 0 aliphatic carbocycles. The minimum atomic E-state index is -2.42.